The highest BCUT2D eigenvalue weighted by Crippen LogP contribution is 2.41. The van der Waals surface area contributed by atoms with E-state index >= 15 is 0 Å². The molecule has 0 radical (unpaired) electrons. The van der Waals surface area contributed by atoms with Gasteiger partial charge in [0.05, 0.1) is 11.7 Å². The van der Waals surface area contributed by atoms with Gasteiger partial charge in [0, 0.05) is 43.8 Å². The summed E-state index contributed by atoms with van der Waals surface area (Å²) in [6.45, 7) is 4.13. The molecule has 0 bridgehead atoms. The maximum atomic E-state index is 13.5. The van der Waals surface area contributed by atoms with Gasteiger partial charge in [0.15, 0.2) is 0 Å². The molecule has 1 atom stereocenters. The van der Waals surface area contributed by atoms with Crippen molar-refractivity contribution in [2.75, 3.05) is 30.2 Å². The highest BCUT2D eigenvalue weighted by atomic mass is 19.1. The quantitative estimate of drug-likeness (QED) is 0.724. The minimum Gasteiger partial charge on any atom is -0.383 e. The first kappa shape index (κ1) is 17.9. The van der Waals surface area contributed by atoms with Crippen molar-refractivity contribution in [3.8, 4) is 0 Å². The molecule has 1 aromatic carbocycles. The molecule has 4 rings (SSSR count). The van der Waals surface area contributed by atoms with Crippen LogP contribution in [-0.4, -0.2) is 29.1 Å². The Morgan fingerprint density at radius 1 is 1.18 bits per heavy atom. The van der Waals surface area contributed by atoms with Gasteiger partial charge in [-0.2, -0.15) is 0 Å². The van der Waals surface area contributed by atoms with Gasteiger partial charge in [0.1, 0.15) is 17.5 Å². The molecule has 6 nitrogen and oxygen atoms in total. The Morgan fingerprint density at radius 3 is 2.61 bits per heavy atom. The Balaban J connectivity index is 1.61. The average molecular weight is 376 g/mol. The maximum Gasteiger partial charge on any atom is 0.135 e. The molecule has 0 saturated carbocycles. The van der Waals surface area contributed by atoms with E-state index < -0.39 is 0 Å². The third-order valence-corrected chi connectivity index (χ3v) is 4.99. The van der Waals surface area contributed by atoms with Crippen molar-refractivity contribution in [3.05, 3.63) is 83.9 Å². The van der Waals surface area contributed by atoms with Gasteiger partial charge >= 0.3 is 0 Å². The largest absolute Gasteiger partial charge is 0.383 e. The van der Waals surface area contributed by atoms with Crippen molar-refractivity contribution < 1.29 is 4.39 Å². The highest BCUT2D eigenvalue weighted by molar-refractivity contribution is 5.76. The lowest BCUT2D eigenvalue weighted by atomic mass is 9.97. The number of pyridine rings is 2. The maximum absolute atomic E-state index is 13.5. The summed E-state index contributed by atoms with van der Waals surface area (Å²) in [7, 11) is 3.79. The van der Waals surface area contributed by atoms with Gasteiger partial charge < -0.3 is 16.1 Å². The van der Waals surface area contributed by atoms with Crippen LogP contribution in [0.4, 0.5) is 21.7 Å². The summed E-state index contributed by atoms with van der Waals surface area (Å²) in [5.41, 5.74) is 14.1. The number of rotatable bonds is 4. The second-order valence-electron chi connectivity index (χ2n) is 6.74. The fraction of sp³-hybridized carbons (Fsp3) is 0.143. The minimum atomic E-state index is -0.332. The first-order valence-corrected chi connectivity index (χ1v) is 8.84. The predicted octanol–water partition coefficient (Wildman–Crippen LogP) is 3.67. The van der Waals surface area contributed by atoms with E-state index in [1.54, 1.807) is 11.1 Å². The van der Waals surface area contributed by atoms with Crippen molar-refractivity contribution in [2.45, 2.75) is 6.04 Å². The number of anilines is 3. The number of hydrogen-bond acceptors (Lipinski definition) is 6. The van der Waals surface area contributed by atoms with Gasteiger partial charge in [-0.3, -0.25) is 0 Å². The first-order valence-electron chi connectivity index (χ1n) is 8.84. The average Bonchev–Trinajstić information content (AvgIpc) is 3.04. The number of nitrogens with one attached hydrogen (secondary N) is 1. The van der Waals surface area contributed by atoms with Gasteiger partial charge in [0.2, 0.25) is 0 Å². The SMILES string of the molecule is C=C(c1ccc(C2c3c(ccnc3N)NN2C)cc1)N(C)c1cc(F)ccn1. The number of nitrogen functional groups attached to an aromatic ring is 1. The number of hydrazine groups is 1. The van der Waals surface area contributed by atoms with E-state index in [0.29, 0.717) is 11.6 Å². The summed E-state index contributed by atoms with van der Waals surface area (Å²) in [6.07, 6.45) is 3.14. The molecule has 1 aliphatic heterocycles. The molecule has 0 spiro atoms. The second kappa shape index (κ2) is 6.94. The summed E-state index contributed by atoms with van der Waals surface area (Å²) in [5, 5.41) is 2.01. The van der Waals surface area contributed by atoms with Gasteiger partial charge in [-0.15, -0.1) is 0 Å². The van der Waals surface area contributed by atoms with Crippen LogP contribution >= 0.6 is 0 Å². The van der Waals surface area contributed by atoms with Crippen LogP contribution in [0.3, 0.4) is 0 Å². The standard InChI is InChI=1S/C21H21FN6/c1-13(27(2)18-12-16(22)8-10-24-18)14-4-6-15(7-5-14)20-19-17(26-28(20)3)9-11-25-21(19)23/h4-12,20,26H,1H2,2-3H3,(H2,23,25). The molecule has 7 heteroatoms. The Kier molecular flexibility index (Phi) is 4.44. The van der Waals surface area contributed by atoms with Crippen LogP contribution in [0.2, 0.25) is 0 Å². The van der Waals surface area contributed by atoms with Gasteiger partial charge in [-0.25, -0.2) is 19.4 Å². The topological polar surface area (TPSA) is 70.3 Å². The number of aromatic nitrogens is 2. The highest BCUT2D eigenvalue weighted by Gasteiger charge is 2.31. The van der Waals surface area contributed by atoms with E-state index in [9.17, 15) is 4.39 Å². The van der Waals surface area contributed by atoms with Crippen molar-refractivity contribution in [3.63, 3.8) is 0 Å². The molecular weight excluding hydrogens is 355 g/mol. The zero-order valence-corrected chi connectivity index (χ0v) is 15.7. The van der Waals surface area contributed by atoms with Crippen LogP contribution in [0.5, 0.6) is 0 Å². The molecule has 1 unspecified atom stereocenters. The molecule has 3 N–H and O–H groups in total. The van der Waals surface area contributed by atoms with Crippen LogP contribution in [0.15, 0.2) is 61.4 Å². The molecule has 0 fully saturated rings. The molecular formula is C21H21FN6. The smallest absolute Gasteiger partial charge is 0.135 e. The van der Waals surface area contributed by atoms with Crippen LogP contribution in [-0.2, 0) is 0 Å². The van der Waals surface area contributed by atoms with Crippen LogP contribution < -0.4 is 16.1 Å². The summed E-state index contributed by atoms with van der Waals surface area (Å²) >= 11 is 0. The van der Waals surface area contributed by atoms with Crippen molar-refractivity contribution in [1.29, 1.82) is 0 Å². The molecule has 28 heavy (non-hydrogen) atoms. The lowest BCUT2D eigenvalue weighted by Crippen LogP contribution is -2.24. The van der Waals surface area contributed by atoms with Gasteiger partial charge in [0.25, 0.3) is 0 Å². The number of nitrogens with zero attached hydrogens (tertiary/aromatic N) is 4. The van der Waals surface area contributed by atoms with Gasteiger partial charge in [-0.1, -0.05) is 30.8 Å². The molecule has 0 aliphatic carbocycles. The molecule has 0 amide bonds. The van der Waals surface area contributed by atoms with E-state index in [0.717, 1.165) is 28.1 Å². The number of fused-ring (bicyclic) bond motifs is 1. The summed E-state index contributed by atoms with van der Waals surface area (Å²) in [6, 6.07) is 12.6. The Labute approximate surface area is 163 Å². The summed E-state index contributed by atoms with van der Waals surface area (Å²) < 4.78 is 13.5. The van der Waals surface area contributed by atoms with E-state index in [4.69, 9.17) is 5.73 Å². The fourth-order valence-electron chi connectivity index (χ4n) is 3.48. The second-order valence-corrected chi connectivity index (χ2v) is 6.74. The zero-order valence-electron chi connectivity index (χ0n) is 15.7. The van der Waals surface area contributed by atoms with E-state index in [-0.39, 0.29) is 11.9 Å². The van der Waals surface area contributed by atoms with Gasteiger partial charge in [-0.05, 0) is 23.3 Å². The zero-order chi connectivity index (χ0) is 19.8. The molecule has 3 heterocycles. The summed E-state index contributed by atoms with van der Waals surface area (Å²) in [5.74, 6) is 0.688. The Hall–Kier alpha value is -3.45. The Morgan fingerprint density at radius 2 is 1.89 bits per heavy atom. The van der Waals surface area contributed by atoms with E-state index in [2.05, 4.69) is 22.0 Å². The Bertz CT molecular complexity index is 1030. The monoisotopic (exact) mass is 376 g/mol. The minimum absolute atomic E-state index is 0.0337. The molecule has 2 aromatic heterocycles. The predicted molar refractivity (Wildman–Crippen MR) is 110 cm³/mol. The molecule has 1 aliphatic rings. The lowest BCUT2D eigenvalue weighted by Gasteiger charge is -2.23. The number of halogens is 1. The normalized spacial score (nSPS) is 15.8. The fourth-order valence-corrected chi connectivity index (χ4v) is 3.48. The van der Waals surface area contributed by atoms with E-state index in [1.165, 1.54) is 18.3 Å². The molecule has 3 aromatic rings. The van der Waals surface area contributed by atoms with Crippen LogP contribution in [0.25, 0.3) is 5.70 Å². The van der Waals surface area contributed by atoms with Crippen molar-refractivity contribution >= 4 is 23.0 Å². The third kappa shape index (κ3) is 3.05. The summed E-state index contributed by atoms with van der Waals surface area (Å²) in [4.78, 5) is 10.2. The molecule has 142 valence electrons. The van der Waals surface area contributed by atoms with Crippen LogP contribution in [0.1, 0.15) is 22.7 Å². The van der Waals surface area contributed by atoms with Crippen LogP contribution in [0, 0.1) is 5.82 Å². The molecule has 0 saturated heterocycles. The number of benzene rings is 1. The first-order chi connectivity index (χ1) is 13.5. The number of hydrogen-bond donors (Lipinski definition) is 2. The number of nitrogens with two attached hydrogens (primary N) is 1. The van der Waals surface area contributed by atoms with E-state index in [1.807, 2.05) is 49.4 Å². The third-order valence-electron chi connectivity index (χ3n) is 4.99. The van der Waals surface area contributed by atoms with Crippen molar-refractivity contribution in [1.82, 2.24) is 15.0 Å². The lowest BCUT2D eigenvalue weighted by molar-refractivity contribution is 0.363. The van der Waals surface area contributed by atoms with Crippen molar-refractivity contribution in [2.24, 2.45) is 0 Å².